The van der Waals surface area contributed by atoms with Gasteiger partial charge in [-0.05, 0) is 30.7 Å². The summed E-state index contributed by atoms with van der Waals surface area (Å²) in [4.78, 5) is 0. The van der Waals surface area contributed by atoms with Crippen LogP contribution in [0.25, 0.3) is 0 Å². The predicted molar refractivity (Wildman–Crippen MR) is 77.1 cm³/mol. The fourth-order valence-electron chi connectivity index (χ4n) is 1.47. The number of rotatable bonds is 2. The lowest BCUT2D eigenvalue weighted by molar-refractivity contribution is 0.479. The van der Waals surface area contributed by atoms with E-state index in [1.54, 1.807) is 30.3 Å². The number of aryl methyl sites for hydroxylation is 1. The summed E-state index contributed by atoms with van der Waals surface area (Å²) in [6.07, 6.45) is 0. The Hall–Kier alpha value is -1.09. The summed E-state index contributed by atoms with van der Waals surface area (Å²) >= 11 is 17.9. The Morgan fingerprint density at radius 2 is 1.67 bits per heavy atom. The van der Waals surface area contributed by atoms with Crippen LogP contribution in [0.3, 0.4) is 0 Å². The number of halogens is 3. The quantitative estimate of drug-likeness (QED) is 0.761. The average Bonchev–Trinajstić information content (AvgIpc) is 2.30. The second-order valence-electron chi connectivity index (χ2n) is 3.82. The van der Waals surface area contributed by atoms with Gasteiger partial charge in [0, 0.05) is 17.2 Å². The van der Waals surface area contributed by atoms with Crippen molar-refractivity contribution in [3.05, 3.63) is 51.0 Å². The van der Waals surface area contributed by atoms with E-state index in [4.69, 9.17) is 45.3 Å². The normalized spacial score (nSPS) is 10.4. The zero-order valence-electron chi connectivity index (χ0n) is 9.51. The van der Waals surface area contributed by atoms with E-state index < -0.39 is 0 Å². The molecule has 18 heavy (non-hydrogen) atoms. The Bertz CT molecular complexity index is 599. The maximum absolute atomic E-state index is 6.03. The van der Waals surface area contributed by atoms with Crippen LogP contribution < -0.4 is 10.5 Å². The minimum absolute atomic E-state index is 0.439. The Labute approximate surface area is 120 Å². The summed E-state index contributed by atoms with van der Waals surface area (Å²) in [5.41, 5.74) is 7.08. The third-order valence-corrected chi connectivity index (χ3v) is 3.28. The number of anilines is 1. The number of hydrogen-bond donors (Lipinski definition) is 1. The molecule has 0 fully saturated rings. The molecule has 0 bridgehead atoms. The van der Waals surface area contributed by atoms with Crippen molar-refractivity contribution in [2.24, 2.45) is 0 Å². The van der Waals surface area contributed by atoms with E-state index in [-0.39, 0.29) is 0 Å². The molecule has 0 heterocycles. The lowest BCUT2D eigenvalue weighted by Crippen LogP contribution is -1.92. The molecule has 0 atom stereocenters. The third-order valence-electron chi connectivity index (χ3n) is 2.41. The SMILES string of the molecule is Cc1cc(N)c(Cl)cc1Oc1cc(Cl)ccc1Cl. The summed E-state index contributed by atoms with van der Waals surface area (Å²) in [5, 5.41) is 1.47. The van der Waals surface area contributed by atoms with E-state index in [0.29, 0.717) is 32.3 Å². The molecule has 0 unspecified atom stereocenters. The Balaban J connectivity index is 2.40. The van der Waals surface area contributed by atoms with Crippen molar-refractivity contribution in [3.8, 4) is 11.5 Å². The van der Waals surface area contributed by atoms with E-state index in [0.717, 1.165) is 5.56 Å². The van der Waals surface area contributed by atoms with Crippen LogP contribution in [0.4, 0.5) is 5.69 Å². The molecule has 2 aromatic rings. The molecule has 0 saturated carbocycles. The lowest BCUT2D eigenvalue weighted by Gasteiger charge is -2.12. The average molecular weight is 303 g/mol. The fraction of sp³-hybridized carbons (Fsp3) is 0.0769. The van der Waals surface area contributed by atoms with Crippen molar-refractivity contribution >= 4 is 40.5 Å². The molecular formula is C13H10Cl3NO. The highest BCUT2D eigenvalue weighted by molar-refractivity contribution is 6.34. The van der Waals surface area contributed by atoms with E-state index >= 15 is 0 Å². The van der Waals surface area contributed by atoms with E-state index in [9.17, 15) is 0 Å². The highest BCUT2D eigenvalue weighted by atomic mass is 35.5. The molecule has 0 aliphatic heterocycles. The van der Waals surface area contributed by atoms with Crippen molar-refractivity contribution in [2.75, 3.05) is 5.73 Å². The molecule has 0 saturated heterocycles. The molecule has 0 spiro atoms. The molecule has 0 aliphatic rings. The van der Waals surface area contributed by atoms with Crippen molar-refractivity contribution in [1.82, 2.24) is 0 Å². The van der Waals surface area contributed by atoms with Gasteiger partial charge in [0.15, 0.2) is 0 Å². The Kier molecular flexibility index (Phi) is 3.91. The van der Waals surface area contributed by atoms with E-state index in [1.165, 1.54) is 0 Å². The van der Waals surface area contributed by atoms with Crippen LogP contribution in [-0.4, -0.2) is 0 Å². The Morgan fingerprint density at radius 1 is 0.944 bits per heavy atom. The van der Waals surface area contributed by atoms with Gasteiger partial charge < -0.3 is 10.5 Å². The van der Waals surface area contributed by atoms with Gasteiger partial charge in [-0.1, -0.05) is 34.8 Å². The number of ether oxygens (including phenoxy) is 1. The molecule has 2 N–H and O–H groups in total. The second kappa shape index (κ2) is 5.27. The van der Waals surface area contributed by atoms with Crippen molar-refractivity contribution in [2.45, 2.75) is 6.92 Å². The Morgan fingerprint density at radius 3 is 2.39 bits per heavy atom. The van der Waals surface area contributed by atoms with E-state index in [1.807, 2.05) is 6.92 Å². The van der Waals surface area contributed by atoms with Gasteiger partial charge in [0.1, 0.15) is 11.5 Å². The van der Waals surface area contributed by atoms with Gasteiger partial charge in [-0.2, -0.15) is 0 Å². The van der Waals surface area contributed by atoms with Crippen LogP contribution in [0.5, 0.6) is 11.5 Å². The van der Waals surface area contributed by atoms with Gasteiger partial charge in [-0.15, -0.1) is 0 Å². The summed E-state index contributed by atoms with van der Waals surface area (Å²) in [7, 11) is 0. The van der Waals surface area contributed by atoms with Crippen LogP contribution in [-0.2, 0) is 0 Å². The molecule has 0 radical (unpaired) electrons. The molecule has 2 rings (SSSR count). The zero-order chi connectivity index (χ0) is 13.3. The molecule has 2 aromatic carbocycles. The minimum Gasteiger partial charge on any atom is -0.455 e. The number of benzene rings is 2. The van der Waals surface area contributed by atoms with Gasteiger partial charge in [-0.25, -0.2) is 0 Å². The smallest absolute Gasteiger partial charge is 0.147 e. The first kappa shape index (κ1) is 13.3. The maximum Gasteiger partial charge on any atom is 0.147 e. The summed E-state index contributed by atoms with van der Waals surface area (Å²) < 4.78 is 5.70. The second-order valence-corrected chi connectivity index (χ2v) is 5.07. The molecule has 5 heteroatoms. The van der Waals surface area contributed by atoms with E-state index in [2.05, 4.69) is 0 Å². The van der Waals surface area contributed by atoms with Crippen LogP contribution in [0, 0.1) is 6.92 Å². The molecule has 0 amide bonds. The van der Waals surface area contributed by atoms with Crippen LogP contribution >= 0.6 is 34.8 Å². The third kappa shape index (κ3) is 2.83. The molecule has 2 nitrogen and oxygen atoms in total. The largest absolute Gasteiger partial charge is 0.455 e. The molecule has 0 aliphatic carbocycles. The monoisotopic (exact) mass is 301 g/mol. The van der Waals surface area contributed by atoms with Crippen LogP contribution in [0.15, 0.2) is 30.3 Å². The van der Waals surface area contributed by atoms with Gasteiger partial charge in [0.05, 0.1) is 15.7 Å². The van der Waals surface area contributed by atoms with Crippen LogP contribution in [0.1, 0.15) is 5.56 Å². The van der Waals surface area contributed by atoms with Gasteiger partial charge in [0.2, 0.25) is 0 Å². The predicted octanol–water partition coefficient (Wildman–Crippen LogP) is 5.33. The zero-order valence-corrected chi connectivity index (χ0v) is 11.8. The lowest BCUT2D eigenvalue weighted by atomic mass is 10.2. The minimum atomic E-state index is 0.439. The highest BCUT2D eigenvalue weighted by Gasteiger charge is 2.09. The molecule has 0 aromatic heterocycles. The topological polar surface area (TPSA) is 35.2 Å². The van der Waals surface area contributed by atoms with Crippen LogP contribution in [0.2, 0.25) is 15.1 Å². The highest BCUT2D eigenvalue weighted by Crippen LogP contribution is 2.35. The van der Waals surface area contributed by atoms with Crippen molar-refractivity contribution in [1.29, 1.82) is 0 Å². The summed E-state index contributed by atoms with van der Waals surface area (Å²) in [5.74, 6) is 1.08. The maximum atomic E-state index is 6.03. The molecular weight excluding hydrogens is 293 g/mol. The van der Waals surface area contributed by atoms with Gasteiger partial charge in [-0.3, -0.25) is 0 Å². The first-order valence-electron chi connectivity index (χ1n) is 5.16. The first-order chi connectivity index (χ1) is 8.47. The standard InChI is InChI=1S/C13H10Cl3NO/c1-7-4-11(17)10(16)6-12(7)18-13-5-8(14)2-3-9(13)15/h2-6H,17H2,1H3. The van der Waals surface area contributed by atoms with Crippen molar-refractivity contribution < 1.29 is 4.74 Å². The number of nitrogens with two attached hydrogens (primary N) is 1. The van der Waals surface area contributed by atoms with Crippen molar-refractivity contribution in [3.63, 3.8) is 0 Å². The molecule has 94 valence electrons. The van der Waals surface area contributed by atoms with Gasteiger partial charge in [0.25, 0.3) is 0 Å². The fourth-order valence-corrected chi connectivity index (χ4v) is 1.94. The number of nitrogen functional groups attached to an aromatic ring is 1. The number of hydrogen-bond acceptors (Lipinski definition) is 2. The first-order valence-corrected chi connectivity index (χ1v) is 6.29. The summed E-state index contributed by atoms with van der Waals surface area (Å²) in [6.45, 7) is 1.88. The van der Waals surface area contributed by atoms with Gasteiger partial charge >= 0.3 is 0 Å². The summed E-state index contributed by atoms with van der Waals surface area (Å²) in [6, 6.07) is 8.42.